The van der Waals surface area contributed by atoms with Crippen molar-refractivity contribution in [3.05, 3.63) is 41.9 Å². The van der Waals surface area contributed by atoms with Gasteiger partial charge in [0, 0.05) is 5.03 Å². The number of benzene rings is 1. The molecule has 0 aliphatic carbocycles. The molecule has 0 aromatic heterocycles. The Bertz CT molecular complexity index is 305. The Morgan fingerprint density at radius 1 is 1.15 bits per heavy atom. The molecule has 1 aromatic carbocycles. The third kappa shape index (κ3) is 3.55. The van der Waals surface area contributed by atoms with Gasteiger partial charge < -0.3 is 12.9 Å². The molecule has 0 N–H and O–H groups in total. The van der Waals surface area contributed by atoms with E-state index in [9.17, 15) is 12.9 Å². The van der Waals surface area contributed by atoms with E-state index in [4.69, 9.17) is 11.6 Å². The summed E-state index contributed by atoms with van der Waals surface area (Å²) in [7, 11) is 0. The molecule has 0 saturated carbocycles. The van der Waals surface area contributed by atoms with Gasteiger partial charge in [-0.15, -0.1) is 5.98 Å². The van der Waals surface area contributed by atoms with Gasteiger partial charge in [-0.2, -0.15) is 0 Å². The van der Waals surface area contributed by atoms with Gasteiger partial charge in [0.25, 0.3) is 0 Å². The van der Waals surface area contributed by atoms with Crippen LogP contribution in [0.15, 0.2) is 36.3 Å². The van der Waals surface area contributed by atoms with Gasteiger partial charge in [0.1, 0.15) is 0 Å². The normalized spacial score (nSPS) is 13.1. The largest absolute Gasteiger partial charge is 0.504 e. The Morgan fingerprint density at radius 2 is 1.69 bits per heavy atom. The molecule has 0 aliphatic rings. The fourth-order valence-corrected chi connectivity index (χ4v) is 1.13. The SMILES string of the molecule is F[B-](F)(F)/C=C(/Cl)c1ccccc1. The van der Waals surface area contributed by atoms with Crippen LogP contribution in [0, 0.1) is 0 Å². The minimum absolute atomic E-state index is 0.136. The van der Waals surface area contributed by atoms with Crippen LogP contribution in [-0.4, -0.2) is 6.98 Å². The van der Waals surface area contributed by atoms with E-state index >= 15 is 0 Å². The zero-order valence-electron chi connectivity index (χ0n) is 6.55. The Morgan fingerprint density at radius 3 is 2.15 bits per heavy atom. The van der Waals surface area contributed by atoms with Gasteiger partial charge in [-0.1, -0.05) is 41.9 Å². The maximum absolute atomic E-state index is 11.9. The first-order chi connectivity index (χ1) is 5.99. The van der Waals surface area contributed by atoms with Gasteiger partial charge >= 0.3 is 6.98 Å². The van der Waals surface area contributed by atoms with E-state index in [1.165, 1.54) is 12.1 Å². The standard InChI is InChI=1S/C8H6BClF3/c10-8(6-9(11,12)13)7-4-2-1-3-5-7/h1-6H/q-1/b8-6+. The first-order valence-corrected chi connectivity index (χ1v) is 4.00. The maximum atomic E-state index is 11.9. The summed E-state index contributed by atoms with van der Waals surface area (Å²) in [5.74, 6) is 0.136. The molecule has 5 heteroatoms. The summed E-state index contributed by atoms with van der Waals surface area (Å²) < 4.78 is 35.7. The van der Waals surface area contributed by atoms with Crippen LogP contribution in [0.5, 0.6) is 0 Å². The van der Waals surface area contributed by atoms with Crippen molar-refractivity contribution < 1.29 is 12.9 Å². The summed E-state index contributed by atoms with van der Waals surface area (Å²) in [4.78, 5) is 0. The molecule has 0 fully saturated rings. The van der Waals surface area contributed by atoms with E-state index in [-0.39, 0.29) is 11.0 Å². The lowest BCUT2D eigenvalue weighted by Crippen LogP contribution is -2.10. The molecule has 0 heterocycles. The monoisotopic (exact) mass is 205 g/mol. The fourth-order valence-electron chi connectivity index (χ4n) is 0.860. The van der Waals surface area contributed by atoms with Crippen LogP contribution in [0.25, 0.3) is 5.03 Å². The van der Waals surface area contributed by atoms with Crippen LogP contribution in [-0.2, 0) is 0 Å². The molecule has 0 atom stereocenters. The van der Waals surface area contributed by atoms with Crippen molar-refractivity contribution in [2.45, 2.75) is 0 Å². The van der Waals surface area contributed by atoms with E-state index < -0.39 is 6.98 Å². The van der Waals surface area contributed by atoms with Crippen molar-refractivity contribution in [3.63, 3.8) is 0 Å². The van der Waals surface area contributed by atoms with E-state index in [0.717, 1.165) is 0 Å². The lowest BCUT2D eigenvalue weighted by Gasteiger charge is -2.08. The second-order valence-corrected chi connectivity index (χ2v) is 2.91. The van der Waals surface area contributed by atoms with E-state index in [1.807, 2.05) is 0 Å². The van der Waals surface area contributed by atoms with Crippen LogP contribution >= 0.6 is 11.6 Å². The minimum Gasteiger partial charge on any atom is -0.445 e. The van der Waals surface area contributed by atoms with E-state index in [2.05, 4.69) is 0 Å². The molecular weight excluding hydrogens is 199 g/mol. The Kier molecular flexibility index (Phi) is 3.04. The highest BCUT2D eigenvalue weighted by atomic mass is 35.5. The third-order valence-electron chi connectivity index (χ3n) is 1.38. The molecule has 0 unspecified atom stereocenters. The molecule has 0 amide bonds. The molecule has 0 aliphatic heterocycles. The van der Waals surface area contributed by atoms with E-state index in [1.54, 1.807) is 18.2 Å². The van der Waals surface area contributed by atoms with E-state index in [0.29, 0.717) is 5.56 Å². The summed E-state index contributed by atoms with van der Waals surface area (Å²) in [5, 5.41) is -0.270. The van der Waals surface area contributed by atoms with Crippen LogP contribution < -0.4 is 0 Å². The van der Waals surface area contributed by atoms with Gasteiger partial charge in [-0.3, -0.25) is 0 Å². The molecule has 70 valence electrons. The highest BCUT2D eigenvalue weighted by molar-refractivity contribution is 6.69. The second kappa shape index (κ2) is 3.88. The molecular formula is C8H6BClF3-. The summed E-state index contributed by atoms with van der Waals surface area (Å²) >= 11 is 5.45. The average molecular weight is 205 g/mol. The van der Waals surface area contributed by atoms with Gasteiger partial charge in [-0.05, 0) is 5.56 Å². The molecule has 0 saturated heterocycles. The summed E-state index contributed by atoms with van der Waals surface area (Å²) in [6.07, 6.45) is 0. The van der Waals surface area contributed by atoms with Crippen LogP contribution in [0.4, 0.5) is 12.9 Å². The smallest absolute Gasteiger partial charge is 0.445 e. The minimum atomic E-state index is -4.97. The molecule has 0 nitrogen and oxygen atoms in total. The zero-order valence-corrected chi connectivity index (χ0v) is 7.31. The predicted molar refractivity (Wildman–Crippen MR) is 49.4 cm³/mol. The topological polar surface area (TPSA) is 0 Å². The highest BCUT2D eigenvalue weighted by Gasteiger charge is 2.19. The number of hydrogen-bond donors (Lipinski definition) is 0. The molecule has 1 aromatic rings. The quantitative estimate of drug-likeness (QED) is 0.647. The highest BCUT2D eigenvalue weighted by Crippen LogP contribution is 2.23. The molecule has 0 bridgehead atoms. The summed E-state index contributed by atoms with van der Waals surface area (Å²) in [6.45, 7) is -4.97. The maximum Gasteiger partial charge on any atom is 0.504 e. The Balaban J connectivity index is 2.92. The van der Waals surface area contributed by atoms with Crippen molar-refractivity contribution in [1.82, 2.24) is 0 Å². The third-order valence-corrected chi connectivity index (χ3v) is 1.73. The first kappa shape index (κ1) is 10.2. The molecule has 13 heavy (non-hydrogen) atoms. The van der Waals surface area contributed by atoms with Crippen LogP contribution in [0.1, 0.15) is 5.56 Å². The number of halogens is 4. The van der Waals surface area contributed by atoms with Crippen molar-refractivity contribution in [3.8, 4) is 0 Å². The van der Waals surface area contributed by atoms with Crippen molar-refractivity contribution in [1.29, 1.82) is 0 Å². The van der Waals surface area contributed by atoms with Crippen LogP contribution in [0.2, 0.25) is 0 Å². The number of rotatable bonds is 2. The Labute approximate surface area is 79.1 Å². The van der Waals surface area contributed by atoms with Crippen molar-refractivity contribution in [2.75, 3.05) is 0 Å². The zero-order chi connectivity index (χ0) is 9.90. The fraction of sp³-hybridized carbons (Fsp3) is 0. The predicted octanol–water partition coefficient (Wildman–Crippen LogP) is 3.65. The molecule has 1 rings (SSSR count). The van der Waals surface area contributed by atoms with Crippen molar-refractivity contribution >= 4 is 23.6 Å². The van der Waals surface area contributed by atoms with Crippen molar-refractivity contribution in [2.24, 2.45) is 0 Å². The number of hydrogen-bond acceptors (Lipinski definition) is 0. The lowest BCUT2D eigenvalue weighted by molar-refractivity contribution is 0.499. The van der Waals surface area contributed by atoms with Gasteiger partial charge in [0.2, 0.25) is 0 Å². The molecule has 0 spiro atoms. The average Bonchev–Trinajstić information content (AvgIpc) is 2.03. The van der Waals surface area contributed by atoms with Gasteiger partial charge in [-0.25, -0.2) is 0 Å². The van der Waals surface area contributed by atoms with Gasteiger partial charge in [0.15, 0.2) is 0 Å². The van der Waals surface area contributed by atoms with Gasteiger partial charge in [0.05, 0.1) is 0 Å². The first-order valence-electron chi connectivity index (χ1n) is 3.63. The summed E-state index contributed by atoms with van der Waals surface area (Å²) in [6, 6.07) is 8.04. The summed E-state index contributed by atoms with van der Waals surface area (Å²) in [5.41, 5.74) is 0.378. The Hall–Kier alpha value is -0.895. The second-order valence-electron chi connectivity index (χ2n) is 2.51. The lowest BCUT2D eigenvalue weighted by atomic mass is 9.90. The molecule has 0 radical (unpaired) electrons. The van der Waals surface area contributed by atoms with Crippen LogP contribution in [0.3, 0.4) is 0 Å².